The minimum atomic E-state index is -3.32. The van der Waals surface area contributed by atoms with Gasteiger partial charge in [0.1, 0.15) is 5.75 Å². The molecule has 0 saturated heterocycles. The summed E-state index contributed by atoms with van der Waals surface area (Å²) in [6.07, 6.45) is 1.92. The lowest BCUT2D eigenvalue weighted by atomic mass is 10.5. The third kappa shape index (κ3) is 7.24. The molecule has 3 N–H and O–H groups in total. The van der Waals surface area contributed by atoms with E-state index in [1.165, 1.54) is 0 Å². The van der Waals surface area contributed by atoms with E-state index in [-0.39, 0.29) is 16.0 Å². The van der Waals surface area contributed by atoms with Crippen molar-refractivity contribution >= 4 is 39.0 Å². The molecule has 13 heavy (non-hydrogen) atoms. The summed E-state index contributed by atoms with van der Waals surface area (Å²) in [5.41, 5.74) is 5.12. The van der Waals surface area contributed by atoms with Crippen LogP contribution in [0.1, 0.15) is 6.92 Å². The Morgan fingerprint density at radius 2 is 2.23 bits per heavy atom. The Kier molecular flexibility index (Phi) is 5.86. The highest BCUT2D eigenvalue weighted by molar-refractivity contribution is 7.99. The topological polar surface area (TPSA) is 72.2 Å². The Bertz CT molecular complexity index is 263. The van der Waals surface area contributed by atoms with Gasteiger partial charge in [0.05, 0.1) is 4.99 Å². The van der Waals surface area contributed by atoms with Gasteiger partial charge in [0.25, 0.3) is 0 Å². The Labute approximate surface area is 88.7 Å². The molecule has 78 valence electrons. The van der Waals surface area contributed by atoms with Gasteiger partial charge in [-0.25, -0.2) is 13.1 Å². The number of nitrogens with one attached hydrogen (secondary N) is 1. The number of nitrogens with two attached hydrogens (primary N) is 1. The van der Waals surface area contributed by atoms with Crippen LogP contribution < -0.4 is 10.5 Å². The van der Waals surface area contributed by atoms with Crippen LogP contribution >= 0.6 is 24.0 Å². The van der Waals surface area contributed by atoms with E-state index in [9.17, 15) is 8.42 Å². The molecule has 0 amide bonds. The first kappa shape index (κ1) is 13.2. The standard InChI is InChI=1S/C6H14N2O2S3/c1-5(12-2)3-8-13(9,10)4-6(7)11/h5,8H,3-4H2,1-2H3,(H2,7,11). The molecule has 0 fully saturated rings. The molecule has 0 spiro atoms. The number of rotatable bonds is 6. The van der Waals surface area contributed by atoms with E-state index < -0.39 is 10.0 Å². The fraction of sp³-hybridized carbons (Fsp3) is 0.833. The van der Waals surface area contributed by atoms with E-state index in [0.717, 1.165) is 0 Å². The Hall–Kier alpha value is 0.150. The van der Waals surface area contributed by atoms with E-state index >= 15 is 0 Å². The molecule has 0 aromatic rings. The first-order valence-corrected chi connectivity index (χ1v) is 7.00. The van der Waals surface area contributed by atoms with Gasteiger partial charge < -0.3 is 5.73 Å². The normalized spacial score (nSPS) is 14.0. The van der Waals surface area contributed by atoms with Gasteiger partial charge in [-0.05, 0) is 6.26 Å². The predicted octanol–water partition coefficient (Wildman–Crippen LogP) is -0.0566. The van der Waals surface area contributed by atoms with Crippen LogP contribution in [-0.2, 0) is 10.0 Å². The van der Waals surface area contributed by atoms with Crippen molar-refractivity contribution in [3.05, 3.63) is 0 Å². The Morgan fingerprint density at radius 1 is 1.69 bits per heavy atom. The van der Waals surface area contributed by atoms with Crippen LogP contribution in [0.15, 0.2) is 0 Å². The second-order valence-corrected chi connectivity index (χ2v) is 6.23. The molecule has 0 aliphatic rings. The van der Waals surface area contributed by atoms with Crippen LogP contribution in [0.2, 0.25) is 0 Å². The quantitative estimate of drug-likeness (QED) is 0.639. The number of sulfonamides is 1. The summed E-state index contributed by atoms with van der Waals surface area (Å²) in [7, 11) is -3.32. The van der Waals surface area contributed by atoms with Crippen molar-refractivity contribution < 1.29 is 8.42 Å². The van der Waals surface area contributed by atoms with E-state index in [1.807, 2.05) is 13.2 Å². The summed E-state index contributed by atoms with van der Waals surface area (Å²) in [6, 6.07) is 0. The molecule has 0 saturated carbocycles. The third-order valence-electron chi connectivity index (χ3n) is 1.33. The van der Waals surface area contributed by atoms with E-state index in [4.69, 9.17) is 5.73 Å². The zero-order valence-corrected chi connectivity index (χ0v) is 10.1. The molecule has 1 unspecified atom stereocenters. The van der Waals surface area contributed by atoms with Crippen molar-refractivity contribution in [2.75, 3.05) is 18.6 Å². The average molecular weight is 242 g/mol. The molecule has 4 nitrogen and oxygen atoms in total. The summed E-state index contributed by atoms with van der Waals surface area (Å²) in [4.78, 5) is -0.00990. The summed E-state index contributed by atoms with van der Waals surface area (Å²) in [6.45, 7) is 2.35. The molecule has 0 bridgehead atoms. The molecule has 0 rings (SSSR count). The number of thiocarbonyl (C=S) groups is 1. The molecule has 7 heteroatoms. The molecular weight excluding hydrogens is 228 g/mol. The molecular formula is C6H14N2O2S3. The van der Waals surface area contributed by atoms with E-state index in [0.29, 0.717) is 6.54 Å². The van der Waals surface area contributed by atoms with Crippen LogP contribution in [0.4, 0.5) is 0 Å². The van der Waals surface area contributed by atoms with Crippen molar-refractivity contribution in [3.63, 3.8) is 0 Å². The smallest absolute Gasteiger partial charge is 0.218 e. The zero-order valence-electron chi connectivity index (χ0n) is 7.61. The molecule has 0 heterocycles. The minimum Gasteiger partial charge on any atom is -0.392 e. The zero-order chi connectivity index (χ0) is 10.5. The van der Waals surface area contributed by atoms with Gasteiger partial charge in [-0.3, -0.25) is 0 Å². The van der Waals surface area contributed by atoms with Crippen molar-refractivity contribution in [2.45, 2.75) is 12.2 Å². The lowest BCUT2D eigenvalue weighted by Crippen LogP contribution is -2.35. The van der Waals surface area contributed by atoms with Crippen molar-refractivity contribution in [3.8, 4) is 0 Å². The van der Waals surface area contributed by atoms with Gasteiger partial charge in [0.15, 0.2) is 0 Å². The van der Waals surface area contributed by atoms with Gasteiger partial charge in [0, 0.05) is 11.8 Å². The highest BCUT2D eigenvalue weighted by Gasteiger charge is 2.12. The predicted molar refractivity (Wildman–Crippen MR) is 61.6 cm³/mol. The van der Waals surface area contributed by atoms with Crippen molar-refractivity contribution in [2.24, 2.45) is 5.73 Å². The van der Waals surface area contributed by atoms with Crippen LogP contribution in [0, 0.1) is 0 Å². The lowest BCUT2D eigenvalue weighted by molar-refractivity contribution is 0.585. The summed E-state index contributed by atoms with van der Waals surface area (Å²) in [5.74, 6) is -0.274. The monoisotopic (exact) mass is 242 g/mol. The Balaban J connectivity index is 3.97. The van der Waals surface area contributed by atoms with Crippen molar-refractivity contribution in [1.82, 2.24) is 4.72 Å². The second-order valence-electron chi connectivity index (χ2n) is 2.62. The summed E-state index contributed by atoms with van der Waals surface area (Å²) in [5, 5.41) is 0.251. The van der Waals surface area contributed by atoms with Crippen LogP contribution in [0.3, 0.4) is 0 Å². The van der Waals surface area contributed by atoms with E-state index in [2.05, 4.69) is 16.9 Å². The molecule has 0 radical (unpaired) electrons. The highest BCUT2D eigenvalue weighted by atomic mass is 32.2. The maximum absolute atomic E-state index is 11.2. The number of thioether (sulfide) groups is 1. The molecule has 0 aliphatic carbocycles. The number of hydrogen-bond acceptors (Lipinski definition) is 4. The van der Waals surface area contributed by atoms with Crippen molar-refractivity contribution in [1.29, 1.82) is 0 Å². The van der Waals surface area contributed by atoms with Gasteiger partial charge >= 0.3 is 0 Å². The summed E-state index contributed by atoms with van der Waals surface area (Å²) < 4.78 is 24.8. The molecule has 1 atom stereocenters. The molecule has 0 aliphatic heterocycles. The molecule has 0 aromatic heterocycles. The average Bonchev–Trinajstić information content (AvgIpc) is 1.98. The molecule has 0 aromatic carbocycles. The second kappa shape index (κ2) is 5.79. The number of hydrogen-bond donors (Lipinski definition) is 2. The van der Waals surface area contributed by atoms with Crippen LogP contribution in [0.25, 0.3) is 0 Å². The van der Waals surface area contributed by atoms with Crippen LogP contribution in [0.5, 0.6) is 0 Å². The third-order valence-corrected chi connectivity index (χ3v) is 3.92. The Morgan fingerprint density at radius 3 is 2.62 bits per heavy atom. The first-order chi connectivity index (χ1) is 5.87. The lowest BCUT2D eigenvalue weighted by Gasteiger charge is -2.09. The fourth-order valence-corrected chi connectivity index (χ4v) is 2.37. The van der Waals surface area contributed by atoms with Crippen LogP contribution in [-0.4, -0.2) is 37.2 Å². The summed E-state index contributed by atoms with van der Waals surface area (Å²) >= 11 is 6.10. The first-order valence-electron chi connectivity index (χ1n) is 3.66. The van der Waals surface area contributed by atoms with Gasteiger partial charge in [-0.2, -0.15) is 11.8 Å². The maximum atomic E-state index is 11.2. The maximum Gasteiger partial charge on any atom is 0.218 e. The fourth-order valence-electron chi connectivity index (χ4n) is 0.566. The van der Waals surface area contributed by atoms with E-state index in [1.54, 1.807) is 11.8 Å². The van der Waals surface area contributed by atoms with Gasteiger partial charge in [-0.15, -0.1) is 0 Å². The SMILES string of the molecule is CSC(C)CNS(=O)(=O)CC(N)=S. The van der Waals surface area contributed by atoms with Gasteiger partial charge in [0.2, 0.25) is 10.0 Å². The van der Waals surface area contributed by atoms with Gasteiger partial charge in [-0.1, -0.05) is 19.1 Å². The highest BCUT2D eigenvalue weighted by Crippen LogP contribution is 2.03. The largest absolute Gasteiger partial charge is 0.392 e. The minimum absolute atomic E-state index is 0.00990.